The first-order chi connectivity index (χ1) is 17.2. The molecule has 4 saturated carbocycles. The van der Waals surface area contributed by atoms with Crippen molar-refractivity contribution in [2.24, 2.45) is 0 Å². The molecular formula is C31H62N2P2Si. The molecule has 4 aliphatic rings. The van der Waals surface area contributed by atoms with E-state index in [1.807, 2.05) is 0 Å². The Morgan fingerprint density at radius 3 is 0.944 bits per heavy atom. The number of hydrogen-bond acceptors (Lipinski definition) is 2. The zero-order chi connectivity index (χ0) is 25.8. The topological polar surface area (TPSA) is 6.48 Å². The molecule has 0 unspecified atom stereocenters. The van der Waals surface area contributed by atoms with E-state index in [2.05, 4.69) is 53.6 Å². The average Bonchev–Trinajstić information content (AvgIpc) is 2.85. The van der Waals surface area contributed by atoms with Gasteiger partial charge in [-0.2, -0.15) is 0 Å². The van der Waals surface area contributed by atoms with Crippen LogP contribution in [0.4, 0.5) is 0 Å². The molecule has 0 aliphatic heterocycles. The molecule has 0 heterocycles. The van der Waals surface area contributed by atoms with Crippen molar-refractivity contribution in [3.05, 3.63) is 0 Å². The molecular weight excluding hydrogens is 490 g/mol. The highest BCUT2D eigenvalue weighted by molar-refractivity contribution is 8.00. The van der Waals surface area contributed by atoms with Gasteiger partial charge in [-0.15, -0.1) is 6.89 Å². The summed E-state index contributed by atoms with van der Waals surface area (Å²) in [6.07, 6.45) is 29.7. The van der Waals surface area contributed by atoms with Crippen LogP contribution in [0, 0.1) is 0 Å². The predicted molar refractivity (Wildman–Crippen MR) is 171 cm³/mol. The molecule has 4 rings (SSSR count). The van der Waals surface area contributed by atoms with Gasteiger partial charge in [0.1, 0.15) is 0 Å². The van der Waals surface area contributed by atoms with E-state index in [4.69, 9.17) is 0 Å². The van der Waals surface area contributed by atoms with Gasteiger partial charge in [-0.1, -0.05) is 96.7 Å². The number of nitrogens with zero attached hydrogens (tertiary/aromatic N) is 2. The van der Waals surface area contributed by atoms with Crippen LogP contribution in [0.25, 0.3) is 0 Å². The van der Waals surface area contributed by atoms with Crippen LogP contribution < -0.4 is 0 Å². The van der Waals surface area contributed by atoms with E-state index in [1.54, 1.807) is 0 Å². The molecule has 2 nitrogen and oxygen atoms in total. The van der Waals surface area contributed by atoms with Crippen molar-refractivity contribution in [3.63, 3.8) is 0 Å². The molecule has 0 atom stereocenters. The molecule has 5 heteroatoms. The van der Waals surface area contributed by atoms with Crippen LogP contribution in [-0.4, -0.2) is 66.2 Å². The molecule has 0 bridgehead atoms. The summed E-state index contributed by atoms with van der Waals surface area (Å²) in [5.41, 5.74) is 0. The van der Waals surface area contributed by atoms with E-state index >= 15 is 0 Å². The van der Waals surface area contributed by atoms with Gasteiger partial charge >= 0.3 is 0 Å². The minimum absolute atomic E-state index is 0.324. The zero-order valence-electron chi connectivity index (χ0n) is 25.2. The molecule has 210 valence electrons. The molecule has 4 fully saturated rings. The summed E-state index contributed by atoms with van der Waals surface area (Å²) >= 11 is 0. The third-order valence-corrected chi connectivity index (χ3v) is 23.9. The highest BCUT2D eigenvalue weighted by Gasteiger charge is 2.47. The van der Waals surface area contributed by atoms with Crippen molar-refractivity contribution in [1.82, 2.24) is 9.34 Å². The van der Waals surface area contributed by atoms with Gasteiger partial charge in [0.25, 0.3) is 0 Å². The summed E-state index contributed by atoms with van der Waals surface area (Å²) in [6, 6.07) is 3.45. The molecule has 36 heavy (non-hydrogen) atoms. The second-order valence-corrected chi connectivity index (χ2v) is 27.4. The first-order valence-electron chi connectivity index (χ1n) is 16.2. The fourth-order valence-corrected chi connectivity index (χ4v) is 25.3. The van der Waals surface area contributed by atoms with E-state index in [1.165, 1.54) is 128 Å². The van der Waals surface area contributed by atoms with Crippen LogP contribution in [0.5, 0.6) is 0 Å². The molecule has 0 N–H and O–H groups in total. The highest BCUT2D eigenvalue weighted by Crippen LogP contribution is 2.63. The summed E-state index contributed by atoms with van der Waals surface area (Å²) in [5, 5.41) is 0. The Hall–Kier alpha value is 0.867. The van der Waals surface area contributed by atoms with Gasteiger partial charge < -0.3 is 0 Å². The first-order valence-corrected chi connectivity index (χ1v) is 24.1. The maximum atomic E-state index is 3.38. The second kappa shape index (κ2) is 13.5. The summed E-state index contributed by atoms with van der Waals surface area (Å²) in [7, 11) is -1.78. The summed E-state index contributed by atoms with van der Waals surface area (Å²) in [5.74, 6) is 0. The lowest BCUT2D eigenvalue weighted by molar-refractivity contribution is 0.136. The van der Waals surface area contributed by atoms with Crippen LogP contribution in [0.15, 0.2) is 0 Å². The number of hydrogen-bond donors (Lipinski definition) is 0. The summed E-state index contributed by atoms with van der Waals surface area (Å²) < 4.78 is 8.93. The lowest BCUT2D eigenvalue weighted by Crippen LogP contribution is -2.54. The third kappa shape index (κ3) is 7.53. The first kappa shape index (κ1) is 29.8. The minimum atomic E-state index is -1.45. The van der Waals surface area contributed by atoms with Gasteiger partial charge in [0.15, 0.2) is 0 Å². The fraction of sp³-hybridized carbons (Fsp3) is 0.968. The normalized spacial score (nSPS) is 25.2. The Balaban J connectivity index is 1.88. The number of rotatable bonds is 8. The van der Waals surface area contributed by atoms with E-state index in [9.17, 15) is 0 Å². The smallest absolute Gasteiger partial charge is 0.0816 e. The van der Waals surface area contributed by atoms with Crippen molar-refractivity contribution in [2.75, 3.05) is 20.0 Å². The average molecular weight is 553 g/mol. The largest absolute Gasteiger partial charge is 0.261 e. The summed E-state index contributed by atoms with van der Waals surface area (Å²) in [6.45, 7) is 15.3. The standard InChI is InChI=1S/C31H62N2P2Si/c1-35(2,3)31(36(4,5)6)34(32(27-19-11-7-12-20-27)28-21-13-8-14-22-28)33(29-23-15-9-16-24-29)30-25-17-10-18-26-30/h27-30H,7-26H2,1-6H3. The lowest BCUT2D eigenvalue weighted by Gasteiger charge is -2.57. The van der Waals surface area contributed by atoms with Crippen LogP contribution in [-0.2, 0) is 0 Å². The Morgan fingerprint density at radius 2 is 0.750 bits per heavy atom. The van der Waals surface area contributed by atoms with Gasteiger partial charge in [-0.25, -0.2) is 0 Å². The van der Waals surface area contributed by atoms with E-state index < -0.39 is 15.0 Å². The van der Waals surface area contributed by atoms with Crippen molar-refractivity contribution >= 4 is 27.8 Å². The maximum Gasteiger partial charge on any atom is 0.0816 e. The molecule has 0 saturated heterocycles. The quantitative estimate of drug-likeness (QED) is 0.218. The van der Waals surface area contributed by atoms with Crippen molar-refractivity contribution < 1.29 is 0 Å². The fourth-order valence-electron chi connectivity index (χ4n) is 8.51. The van der Waals surface area contributed by atoms with Crippen LogP contribution in [0.2, 0.25) is 19.6 Å². The molecule has 0 spiro atoms. The molecule has 0 aromatic rings. The Labute approximate surface area is 229 Å². The van der Waals surface area contributed by atoms with Crippen molar-refractivity contribution in [1.29, 1.82) is 0 Å². The Morgan fingerprint density at radius 1 is 0.500 bits per heavy atom. The molecule has 0 amide bonds. The second-order valence-electron chi connectivity index (χ2n) is 14.8. The van der Waals surface area contributed by atoms with Gasteiger partial charge in [0.05, 0.1) is 16.3 Å². The van der Waals surface area contributed by atoms with E-state index in [0.717, 1.165) is 24.2 Å². The van der Waals surface area contributed by atoms with Crippen LogP contribution in [0.1, 0.15) is 128 Å². The molecule has 4 aliphatic carbocycles. The third-order valence-electron chi connectivity index (χ3n) is 9.73. The van der Waals surface area contributed by atoms with Gasteiger partial charge in [0.2, 0.25) is 0 Å². The molecule has 0 aromatic heterocycles. The Kier molecular flexibility index (Phi) is 11.2. The monoisotopic (exact) mass is 552 g/mol. The SMILES string of the molecule is C[Si](C)(C)C(P(N(C1CCCCC1)C1CCCCC1)N(C1CCCCC1)C1CCCCC1)=P(C)(C)C. The predicted octanol–water partition coefficient (Wildman–Crippen LogP) is 10.1. The highest BCUT2D eigenvalue weighted by atomic mass is 31.2. The van der Waals surface area contributed by atoms with Gasteiger partial charge in [-0.3, -0.25) is 9.34 Å². The van der Waals surface area contributed by atoms with E-state index in [0.29, 0.717) is 0 Å². The minimum Gasteiger partial charge on any atom is -0.261 e. The van der Waals surface area contributed by atoms with Crippen molar-refractivity contribution in [3.8, 4) is 0 Å². The Bertz CT molecular complexity index is 633. The summed E-state index contributed by atoms with van der Waals surface area (Å²) in [4.78, 5) is 0. The van der Waals surface area contributed by atoms with E-state index in [-0.39, 0.29) is 8.22 Å². The molecule has 0 aromatic carbocycles. The van der Waals surface area contributed by atoms with Gasteiger partial charge in [-0.05, 0) is 76.0 Å². The van der Waals surface area contributed by atoms with Crippen LogP contribution in [0.3, 0.4) is 0 Å². The molecule has 0 radical (unpaired) electrons. The zero-order valence-corrected chi connectivity index (χ0v) is 28.0. The maximum absolute atomic E-state index is 3.38. The van der Waals surface area contributed by atoms with Crippen molar-refractivity contribution in [2.45, 2.75) is 172 Å². The lowest BCUT2D eigenvalue weighted by atomic mass is 9.90. The van der Waals surface area contributed by atoms with Crippen LogP contribution >= 0.6 is 15.1 Å². The van der Waals surface area contributed by atoms with Gasteiger partial charge in [0, 0.05) is 24.2 Å².